The molecule has 0 aliphatic rings. The van der Waals surface area contributed by atoms with Crippen molar-refractivity contribution in [2.45, 2.75) is 12.5 Å². The molecule has 1 unspecified atom stereocenters. The van der Waals surface area contributed by atoms with Crippen LogP contribution in [0.2, 0.25) is 0 Å². The summed E-state index contributed by atoms with van der Waals surface area (Å²) in [7, 11) is 0. The van der Waals surface area contributed by atoms with Crippen LogP contribution in [0.15, 0.2) is 11.8 Å². The molecule has 0 aliphatic heterocycles. The van der Waals surface area contributed by atoms with E-state index in [0.29, 0.717) is 0 Å². The van der Waals surface area contributed by atoms with Gasteiger partial charge >= 0.3 is 5.97 Å². The first kappa shape index (κ1) is 13.0. The van der Waals surface area contributed by atoms with Crippen molar-refractivity contribution < 1.29 is 9.90 Å². The molecule has 0 spiro atoms. The van der Waals surface area contributed by atoms with Crippen LogP contribution in [0.25, 0.3) is 0 Å². The van der Waals surface area contributed by atoms with Crippen LogP contribution in [0.4, 0.5) is 0 Å². The number of terminal acetylenes is 1. The third-order valence-electron chi connectivity index (χ3n) is 1.68. The molecular weight excluding hydrogens is 196 g/mol. The molecule has 0 aromatic carbocycles. The number of nitrogens with two attached hydrogens (primary N) is 2. The second-order valence-electron chi connectivity index (χ2n) is 3.08. The number of carbonyl (C=O) groups is 1. The van der Waals surface area contributed by atoms with Gasteiger partial charge in [-0.3, -0.25) is 5.41 Å². The molecule has 0 bridgehead atoms. The molecule has 0 saturated heterocycles. The van der Waals surface area contributed by atoms with Crippen molar-refractivity contribution in [1.29, 1.82) is 5.41 Å². The van der Waals surface area contributed by atoms with E-state index in [1.807, 2.05) is 0 Å². The summed E-state index contributed by atoms with van der Waals surface area (Å²) in [5, 5.41) is 18.5. The van der Waals surface area contributed by atoms with Crippen molar-refractivity contribution in [3.05, 3.63) is 11.8 Å². The van der Waals surface area contributed by atoms with Crippen LogP contribution in [-0.4, -0.2) is 29.0 Å². The van der Waals surface area contributed by atoms with Gasteiger partial charge in [0.05, 0.1) is 6.54 Å². The number of carboxylic acids is 1. The van der Waals surface area contributed by atoms with Crippen LogP contribution in [0, 0.1) is 17.8 Å². The molecular formula is C9H14N4O2. The van der Waals surface area contributed by atoms with Gasteiger partial charge in [0, 0.05) is 11.8 Å². The number of amidine groups is 1. The molecule has 0 rings (SSSR count). The predicted octanol–water partition coefficient (Wildman–Crippen LogP) is -1.17. The van der Waals surface area contributed by atoms with E-state index >= 15 is 0 Å². The predicted molar refractivity (Wildman–Crippen MR) is 57.1 cm³/mol. The third kappa shape index (κ3) is 3.70. The lowest BCUT2D eigenvalue weighted by Crippen LogP contribution is -2.51. The molecule has 0 aromatic rings. The Morgan fingerprint density at radius 3 is 2.67 bits per heavy atom. The summed E-state index contributed by atoms with van der Waals surface area (Å²) in [5.41, 5.74) is 9.12. The normalized spacial score (nSPS) is 14.9. The zero-order valence-electron chi connectivity index (χ0n) is 8.37. The molecule has 6 heteroatoms. The van der Waals surface area contributed by atoms with E-state index in [9.17, 15) is 4.79 Å². The third-order valence-corrected chi connectivity index (χ3v) is 1.68. The topological polar surface area (TPSA) is 125 Å². The van der Waals surface area contributed by atoms with E-state index in [0.717, 1.165) is 6.08 Å². The molecule has 1 atom stereocenters. The lowest BCUT2D eigenvalue weighted by molar-refractivity contribution is -0.141. The minimum absolute atomic E-state index is 0.0976. The van der Waals surface area contributed by atoms with E-state index in [1.54, 1.807) is 0 Å². The van der Waals surface area contributed by atoms with Gasteiger partial charge in [-0.15, -0.1) is 6.42 Å². The summed E-state index contributed by atoms with van der Waals surface area (Å²) in [5.74, 6) is 0.735. The van der Waals surface area contributed by atoms with E-state index in [-0.39, 0.29) is 18.1 Å². The van der Waals surface area contributed by atoms with Crippen LogP contribution in [0.1, 0.15) is 6.92 Å². The van der Waals surface area contributed by atoms with Gasteiger partial charge in [0.2, 0.25) is 0 Å². The first-order valence-electron chi connectivity index (χ1n) is 4.08. The molecule has 0 fully saturated rings. The van der Waals surface area contributed by atoms with E-state index < -0.39 is 11.5 Å². The Kier molecular flexibility index (Phi) is 4.35. The summed E-state index contributed by atoms with van der Waals surface area (Å²) in [6.45, 7) is 1.40. The highest BCUT2D eigenvalue weighted by Gasteiger charge is 2.32. The number of aliphatic carboxylic acids is 1. The Hall–Kier alpha value is -2.00. The molecule has 6 nitrogen and oxygen atoms in total. The molecule has 0 aromatic heterocycles. The van der Waals surface area contributed by atoms with Gasteiger partial charge in [-0.05, 0) is 6.92 Å². The number of hydrogen-bond donors (Lipinski definition) is 5. The fourth-order valence-electron chi connectivity index (χ4n) is 0.802. The van der Waals surface area contributed by atoms with Crippen molar-refractivity contribution in [2.75, 3.05) is 6.54 Å². The lowest BCUT2D eigenvalue weighted by atomic mass is 9.98. The smallest absolute Gasteiger partial charge is 0.329 e. The number of hydrogen-bond acceptors (Lipinski definition) is 4. The van der Waals surface area contributed by atoms with Crippen LogP contribution in [0.5, 0.6) is 0 Å². The highest BCUT2D eigenvalue weighted by Crippen LogP contribution is 2.10. The highest BCUT2D eigenvalue weighted by molar-refractivity contribution is 5.92. The zero-order chi connectivity index (χ0) is 12.1. The Balaban J connectivity index is 5.03. The van der Waals surface area contributed by atoms with E-state index in [4.69, 9.17) is 28.4 Å². The molecule has 15 heavy (non-hydrogen) atoms. The first-order valence-corrected chi connectivity index (χ1v) is 4.08. The molecule has 7 N–H and O–H groups in total. The van der Waals surface area contributed by atoms with Gasteiger partial charge in [0.1, 0.15) is 5.84 Å². The number of nitrogens with one attached hydrogen (secondary N) is 2. The summed E-state index contributed by atoms with van der Waals surface area (Å²) in [6, 6.07) is 0. The lowest BCUT2D eigenvalue weighted by Gasteiger charge is -2.23. The van der Waals surface area contributed by atoms with Crippen LogP contribution in [-0.2, 0) is 4.79 Å². The van der Waals surface area contributed by atoms with Crippen molar-refractivity contribution in [2.24, 2.45) is 11.5 Å². The Bertz CT molecular complexity index is 339. The maximum Gasteiger partial charge on any atom is 0.329 e. The zero-order valence-corrected chi connectivity index (χ0v) is 8.37. The van der Waals surface area contributed by atoms with Crippen LogP contribution in [0.3, 0.4) is 0 Å². The molecule has 0 radical (unpaired) electrons. The SMILES string of the molecule is C#CCNC(=CC(=N)N)C(C)(N)C(=O)O. The summed E-state index contributed by atoms with van der Waals surface area (Å²) in [4.78, 5) is 10.8. The Morgan fingerprint density at radius 2 is 2.33 bits per heavy atom. The Morgan fingerprint density at radius 1 is 1.80 bits per heavy atom. The molecule has 0 saturated carbocycles. The fourth-order valence-corrected chi connectivity index (χ4v) is 0.802. The second-order valence-corrected chi connectivity index (χ2v) is 3.08. The van der Waals surface area contributed by atoms with Gasteiger partial charge in [-0.1, -0.05) is 5.92 Å². The maximum absolute atomic E-state index is 10.8. The standard InChI is InChI=1S/C9H14N4O2/c1-3-4-13-6(5-7(10)11)9(2,12)8(14)15/h1,5,13H,4,12H2,2H3,(H3,10,11)(H,14,15). The largest absolute Gasteiger partial charge is 0.480 e. The summed E-state index contributed by atoms with van der Waals surface area (Å²) in [6.07, 6.45) is 6.14. The summed E-state index contributed by atoms with van der Waals surface area (Å²) >= 11 is 0. The van der Waals surface area contributed by atoms with Crippen LogP contribution >= 0.6 is 0 Å². The average Bonchev–Trinajstić information content (AvgIpc) is 2.11. The fraction of sp³-hybridized carbons (Fsp3) is 0.333. The van der Waals surface area contributed by atoms with Gasteiger partial charge in [-0.2, -0.15) is 0 Å². The van der Waals surface area contributed by atoms with Crippen LogP contribution < -0.4 is 16.8 Å². The molecule has 82 valence electrons. The van der Waals surface area contributed by atoms with Crippen molar-refractivity contribution in [3.8, 4) is 12.3 Å². The number of carboxylic acid groups (broad SMARTS) is 1. The van der Waals surface area contributed by atoms with E-state index in [2.05, 4.69) is 11.2 Å². The Labute approximate surface area is 87.8 Å². The molecule has 0 amide bonds. The van der Waals surface area contributed by atoms with E-state index in [1.165, 1.54) is 6.92 Å². The number of rotatable bonds is 5. The summed E-state index contributed by atoms with van der Waals surface area (Å²) < 4.78 is 0. The minimum atomic E-state index is -1.65. The first-order chi connectivity index (χ1) is 6.82. The van der Waals surface area contributed by atoms with Gasteiger partial charge in [0.15, 0.2) is 5.54 Å². The minimum Gasteiger partial charge on any atom is -0.480 e. The monoisotopic (exact) mass is 210 g/mol. The quantitative estimate of drug-likeness (QED) is 0.222. The highest BCUT2D eigenvalue weighted by atomic mass is 16.4. The van der Waals surface area contributed by atoms with Gasteiger partial charge in [0.25, 0.3) is 0 Å². The molecule has 0 aliphatic carbocycles. The van der Waals surface area contributed by atoms with Crippen molar-refractivity contribution in [3.63, 3.8) is 0 Å². The van der Waals surface area contributed by atoms with Crippen molar-refractivity contribution in [1.82, 2.24) is 5.32 Å². The van der Waals surface area contributed by atoms with Crippen molar-refractivity contribution >= 4 is 11.8 Å². The molecule has 0 heterocycles. The maximum atomic E-state index is 10.8. The second kappa shape index (κ2) is 5.02. The van der Waals surface area contributed by atoms with Gasteiger partial charge < -0.3 is 21.9 Å². The van der Waals surface area contributed by atoms with Gasteiger partial charge in [-0.25, -0.2) is 4.79 Å². The average molecular weight is 210 g/mol.